The SMILES string of the molecule is CCC(=O)/C=C/COC[C@H](Cc1ccccc1)NC(=O)OCc1ccccc1. The summed E-state index contributed by atoms with van der Waals surface area (Å²) in [6, 6.07) is 19.2. The summed E-state index contributed by atoms with van der Waals surface area (Å²) in [5.41, 5.74) is 2.02. The van der Waals surface area contributed by atoms with E-state index < -0.39 is 6.09 Å². The Balaban J connectivity index is 1.85. The van der Waals surface area contributed by atoms with E-state index in [-0.39, 0.29) is 18.4 Å². The van der Waals surface area contributed by atoms with Crippen LogP contribution in [0.25, 0.3) is 0 Å². The van der Waals surface area contributed by atoms with E-state index in [1.54, 1.807) is 6.08 Å². The summed E-state index contributed by atoms with van der Waals surface area (Å²) in [5, 5.41) is 2.87. The molecule has 2 aromatic carbocycles. The Labute approximate surface area is 166 Å². The Morgan fingerprint density at radius 2 is 1.64 bits per heavy atom. The summed E-state index contributed by atoms with van der Waals surface area (Å²) >= 11 is 0. The van der Waals surface area contributed by atoms with Crippen LogP contribution < -0.4 is 5.32 Å². The lowest BCUT2D eigenvalue weighted by Gasteiger charge is -2.18. The Kier molecular flexibility index (Phi) is 9.52. The van der Waals surface area contributed by atoms with E-state index in [0.29, 0.717) is 26.1 Å². The molecule has 0 bridgehead atoms. The van der Waals surface area contributed by atoms with Gasteiger partial charge in [-0.15, -0.1) is 0 Å². The Bertz CT molecular complexity index is 744. The average molecular weight is 381 g/mol. The van der Waals surface area contributed by atoms with Gasteiger partial charge < -0.3 is 14.8 Å². The molecule has 0 fully saturated rings. The lowest BCUT2D eigenvalue weighted by molar-refractivity contribution is -0.114. The van der Waals surface area contributed by atoms with Gasteiger partial charge in [-0.3, -0.25) is 4.79 Å². The fraction of sp³-hybridized carbons (Fsp3) is 0.304. The molecule has 0 aliphatic carbocycles. The van der Waals surface area contributed by atoms with E-state index in [4.69, 9.17) is 9.47 Å². The first kappa shape index (κ1) is 21.4. The zero-order valence-corrected chi connectivity index (χ0v) is 16.2. The van der Waals surface area contributed by atoms with Crippen LogP contribution in [0.1, 0.15) is 24.5 Å². The maximum Gasteiger partial charge on any atom is 0.407 e. The van der Waals surface area contributed by atoms with Crippen molar-refractivity contribution in [3.8, 4) is 0 Å². The Hall–Kier alpha value is -2.92. The van der Waals surface area contributed by atoms with Crippen molar-refractivity contribution >= 4 is 11.9 Å². The number of benzene rings is 2. The van der Waals surface area contributed by atoms with Crippen LogP contribution in [-0.4, -0.2) is 31.1 Å². The molecule has 0 unspecified atom stereocenters. The van der Waals surface area contributed by atoms with Crippen molar-refractivity contribution in [1.29, 1.82) is 0 Å². The van der Waals surface area contributed by atoms with Gasteiger partial charge >= 0.3 is 6.09 Å². The van der Waals surface area contributed by atoms with Gasteiger partial charge in [0.15, 0.2) is 5.78 Å². The van der Waals surface area contributed by atoms with Crippen LogP contribution in [0.15, 0.2) is 72.8 Å². The molecule has 0 aliphatic heterocycles. The first-order chi connectivity index (χ1) is 13.7. The normalized spacial score (nSPS) is 11.9. The number of carbonyl (C=O) groups excluding carboxylic acids is 2. The lowest BCUT2D eigenvalue weighted by atomic mass is 10.1. The molecule has 5 heteroatoms. The van der Waals surface area contributed by atoms with Gasteiger partial charge in [-0.2, -0.15) is 0 Å². The molecule has 0 saturated carbocycles. The highest BCUT2D eigenvalue weighted by Crippen LogP contribution is 2.05. The van der Waals surface area contributed by atoms with Gasteiger partial charge in [0.25, 0.3) is 0 Å². The molecule has 2 aromatic rings. The predicted molar refractivity (Wildman–Crippen MR) is 109 cm³/mol. The molecule has 2 rings (SSSR count). The molecule has 0 saturated heterocycles. The number of allylic oxidation sites excluding steroid dienone is 1. The molecule has 0 aromatic heterocycles. The molecule has 0 spiro atoms. The van der Waals surface area contributed by atoms with Crippen LogP contribution in [0.2, 0.25) is 0 Å². The largest absolute Gasteiger partial charge is 0.445 e. The third kappa shape index (κ3) is 8.64. The van der Waals surface area contributed by atoms with Crippen LogP contribution in [0, 0.1) is 0 Å². The highest BCUT2D eigenvalue weighted by Gasteiger charge is 2.14. The minimum Gasteiger partial charge on any atom is -0.445 e. The fourth-order valence-electron chi connectivity index (χ4n) is 2.56. The van der Waals surface area contributed by atoms with Crippen molar-refractivity contribution in [2.24, 2.45) is 0 Å². The maximum atomic E-state index is 12.2. The number of rotatable bonds is 11. The molecule has 1 N–H and O–H groups in total. The number of ether oxygens (including phenoxy) is 2. The maximum absolute atomic E-state index is 12.2. The number of amides is 1. The van der Waals surface area contributed by atoms with Gasteiger partial charge in [0.05, 0.1) is 19.3 Å². The van der Waals surface area contributed by atoms with Crippen molar-refractivity contribution in [3.63, 3.8) is 0 Å². The highest BCUT2D eigenvalue weighted by atomic mass is 16.5. The third-order valence-electron chi connectivity index (χ3n) is 4.04. The smallest absolute Gasteiger partial charge is 0.407 e. The Morgan fingerprint density at radius 3 is 2.29 bits per heavy atom. The molecule has 1 amide bonds. The van der Waals surface area contributed by atoms with Crippen molar-refractivity contribution in [2.45, 2.75) is 32.4 Å². The average Bonchev–Trinajstić information content (AvgIpc) is 2.73. The van der Waals surface area contributed by atoms with E-state index in [2.05, 4.69) is 5.32 Å². The Morgan fingerprint density at radius 1 is 1.00 bits per heavy atom. The quantitative estimate of drug-likeness (QED) is 0.471. The number of alkyl carbamates (subject to hydrolysis) is 1. The van der Waals surface area contributed by atoms with Gasteiger partial charge in [-0.25, -0.2) is 4.79 Å². The van der Waals surface area contributed by atoms with E-state index >= 15 is 0 Å². The fourth-order valence-corrected chi connectivity index (χ4v) is 2.56. The van der Waals surface area contributed by atoms with E-state index in [9.17, 15) is 9.59 Å². The second-order valence-electron chi connectivity index (χ2n) is 6.35. The van der Waals surface area contributed by atoms with Crippen molar-refractivity contribution in [3.05, 3.63) is 83.9 Å². The number of carbonyl (C=O) groups is 2. The summed E-state index contributed by atoms with van der Waals surface area (Å²) in [6.45, 7) is 2.67. The van der Waals surface area contributed by atoms with E-state index in [0.717, 1.165) is 11.1 Å². The summed E-state index contributed by atoms with van der Waals surface area (Å²) in [6.07, 6.45) is 3.83. The lowest BCUT2D eigenvalue weighted by Crippen LogP contribution is -2.40. The first-order valence-electron chi connectivity index (χ1n) is 9.45. The van der Waals surface area contributed by atoms with Gasteiger partial charge in [0, 0.05) is 6.42 Å². The molecule has 0 aliphatic rings. The summed E-state index contributed by atoms with van der Waals surface area (Å²) < 4.78 is 10.9. The number of ketones is 1. The number of nitrogens with one attached hydrogen (secondary N) is 1. The molecular formula is C23H27NO4. The molecular weight excluding hydrogens is 354 g/mol. The van der Waals surface area contributed by atoms with E-state index in [1.165, 1.54) is 6.08 Å². The van der Waals surface area contributed by atoms with Crippen LogP contribution in [0.4, 0.5) is 4.79 Å². The minimum absolute atomic E-state index is 0.0621. The van der Waals surface area contributed by atoms with Crippen molar-refractivity contribution < 1.29 is 19.1 Å². The summed E-state index contributed by atoms with van der Waals surface area (Å²) in [5.74, 6) is 0.0621. The molecule has 1 atom stereocenters. The molecule has 148 valence electrons. The third-order valence-corrected chi connectivity index (χ3v) is 4.04. The number of hydrogen-bond donors (Lipinski definition) is 1. The predicted octanol–water partition coefficient (Wildman–Crippen LogP) is 4.08. The van der Waals surface area contributed by atoms with Gasteiger partial charge in [0.1, 0.15) is 6.61 Å². The zero-order chi connectivity index (χ0) is 20.0. The molecule has 5 nitrogen and oxygen atoms in total. The number of hydrogen-bond acceptors (Lipinski definition) is 4. The summed E-state index contributed by atoms with van der Waals surface area (Å²) in [4.78, 5) is 23.5. The summed E-state index contributed by atoms with van der Waals surface area (Å²) in [7, 11) is 0. The zero-order valence-electron chi connectivity index (χ0n) is 16.2. The van der Waals surface area contributed by atoms with Crippen molar-refractivity contribution in [1.82, 2.24) is 5.32 Å². The topological polar surface area (TPSA) is 64.6 Å². The van der Waals surface area contributed by atoms with E-state index in [1.807, 2.05) is 67.6 Å². The van der Waals surface area contributed by atoms with Crippen LogP contribution in [0.5, 0.6) is 0 Å². The van der Waals surface area contributed by atoms with Gasteiger partial charge in [-0.1, -0.05) is 73.7 Å². The van der Waals surface area contributed by atoms with Crippen LogP contribution in [-0.2, 0) is 27.3 Å². The molecule has 0 radical (unpaired) electrons. The minimum atomic E-state index is -0.481. The van der Waals surface area contributed by atoms with Gasteiger partial charge in [0.2, 0.25) is 0 Å². The first-order valence-corrected chi connectivity index (χ1v) is 9.45. The second-order valence-corrected chi connectivity index (χ2v) is 6.35. The standard InChI is InChI=1S/C23H27NO4/c1-2-22(25)14-9-15-27-18-21(16-19-10-5-3-6-11-19)24-23(26)28-17-20-12-7-4-8-13-20/h3-14,21H,2,15-18H2,1H3,(H,24,26)/b14-9+/t21-/m0/s1. The monoisotopic (exact) mass is 381 g/mol. The van der Waals surface area contributed by atoms with Crippen LogP contribution >= 0.6 is 0 Å². The van der Waals surface area contributed by atoms with Crippen LogP contribution in [0.3, 0.4) is 0 Å². The molecule has 0 heterocycles. The molecule has 28 heavy (non-hydrogen) atoms. The second kappa shape index (κ2) is 12.5. The highest BCUT2D eigenvalue weighted by molar-refractivity contribution is 5.89. The van der Waals surface area contributed by atoms with Gasteiger partial charge in [-0.05, 0) is 23.6 Å². The van der Waals surface area contributed by atoms with Crippen molar-refractivity contribution in [2.75, 3.05) is 13.2 Å².